The highest BCUT2D eigenvalue weighted by molar-refractivity contribution is 5.76. The molecule has 6 nitrogen and oxygen atoms in total. The smallest absolute Gasteiger partial charge is 0.326 e. The molecule has 98 valence electrons. The predicted octanol–water partition coefficient (Wildman–Crippen LogP) is 0.188. The maximum atomic E-state index is 11.4. The van der Waals surface area contributed by atoms with Crippen molar-refractivity contribution in [2.24, 2.45) is 5.73 Å². The molecular formula is C12H15NO5. The van der Waals surface area contributed by atoms with E-state index in [-0.39, 0.29) is 17.9 Å². The average molecular weight is 253 g/mol. The Morgan fingerprint density at radius 3 is 2.67 bits per heavy atom. The molecule has 0 spiro atoms. The largest absolute Gasteiger partial charge is 0.504 e. The van der Waals surface area contributed by atoms with Crippen LogP contribution in [0.3, 0.4) is 0 Å². The topological polar surface area (TPSA) is 113 Å². The van der Waals surface area contributed by atoms with E-state index >= 15 is 0 Å². The van der Waals surface area contributed by atoms with Crippen LogP contribution < -0.4 is 5.73 Å². The molecular weight excluding hydrogens is 238 g/mol. The number of phenolic OH excluding ortho intramolecular Hbond substituents is 2. The molecule has 0 fully saturated rings. The van der Waals surface area contributed by atoms with Crippen molar-refractivity contribution in [2.75, 3.05) is 6.61 Å². The molecule has 0 saturated carbocycles. The Kier molecular flexibility index (Phi) is 4.70. The van der Waals surface area contributed by atoms with E-state index in [1.165, 1.54) is 18.2 Å². The molecule has 2 atom stereocenters. The number of nitrogens with two attached hydrogens (primary N) is 1. The molecule has 0 aliphatic heterocycles. The Morgan fingerprint density at radius 2 is 2.11 bits per heavy atom. The van der Waals surface area contributed by atoms with Gasteiger partial charge >= 0.3 is 5.97 Å². The molecule has 18 heavy (non-hydrogen) atoms. The normalized spacial score (nSPS) is 13.7. The van der Waals surface area contributed by atoms with Gasteiger partial charge in [0.2, 0.25) is 0 Å². The number of carbonyl (C=O) groups excluding carboxylic acids is 1. The third-order valence-corrected chi connectivity index (χ3v) is 2.30. The van der Waals surface area contributed by atoms with E-state index in [2.05, 4.69) is 6.58 Å². The second-order valence-corrected chi connectivity index (χ2v) is 3.64. The van der Waals surface area contributed by atoms with E-state index in [9.17, 15) is 15.0 Å². The fourth-order valence-corrected chi connectivity index (χ4v) is 1.30. The SMILES string of the molecule is C=CCOC(=O)[C@@H](N)C(O)c1ccc(O)c(O)c1. The van der Waals surface area contributed by atoms with Crippen molar-refractivity contribution in [3.63, 3.8) is 0 Å². The van der Waals surface area contributed by atoms with E-state index in [4.69, 9.17) is 15.6 Å². The van der Waals surface area contributed by atoms with Gasteiger partial charge < -0.3 is 25.8 Å². The standard InChI is InChI=1S/C12H15NO5/c1-2-5-18-12(17)10(13)11(16)7-3-4-8(14)9(15)6-7/h2-4,6,10-11,14-16H,1,5,13H2/t10-,11?/m0/s1. The van der Waals surface area contributed by atoms with Crippen LogP contribution in [0.1, 0.15) is 11.7 Å². The zero-order valence-corrected chi connectivity index (χ0v) is 9.61. The molecule has 0 bridgehead atoms. The van der Waals surface area contributed by atoms with Crippen LogP contribution in [0.5, 0.6) is 11.5 Å². The lowest BCUT2D eigenvalue weighted by Crippen LogP contribution is -2.38. The average Bonchev–Trinajstić information content (AvgIpc) is 2.37. The number of hydrogen-bond acceptors (Lipinski definition) is 6. The molecule has 0 aliphatic carbocycles. The van der Waals surface area contributed by atoms with E-state index in [0.717, 1.165) is 6.07 Å². The summed E-state index contributed by atoms with van der Waals surface area (Å²) in [5, 5.41) is 28.2. The summed E-state index contributed by atoms with van der Waals surface area (Å²) in [6.07, 6.45) is 0.0393. The molecule has 0 aromatic heterocycles. The van der Waals surface area contributed by atoms with Crippen LogP contribution in [0.15, 0.2) is 30.9 Å². The maximum Gasteiger partial charge on any atom is 0.326 e. The number of ether oxygens (including phenoxy) is 1. The summed E-state index contributed by atoms with van der Waals surface area (Å²) in [6, 6.07) is 2.38. The molecule has 1 aromatic rings. The third-order valence-electron chi connectivity index (χ3n) is 2.30. The number of aromatic hydroxyl groups is 2. The van der Waals surface area contributed by atoms with Crippen molar-refractivity contribution in [3.05, 3.63) is 36.4 Å². The number of phenols is 2. The lowest BCUT2D eigenvalue weighted by atomic mass is 10.0. The van der Waals surface area contributed by atoms with Gasteiger partial charge in [0.15, 0.2) is 11.5 Å². The van der Waals surface area contributed by atoms with Crippen molar-refractivity contribution < 1.29 is 24.9 Å². The number of aliphatic hydroxyl groups is 1. The minimum Gasteiger partial charge on any atom is -0.504 e. The van der Waals surface area contributed by atoms with Gasteiger partial charge in [0.1, 0.15) is 18.8 Å². The Balaban J connectivity index is 2.79. The molecule has 6 heteroatoms. The van der Waals surface area contributed by atoms with E-state index in [1.54, 1.807) is 0 Å². The van der Waals surface area contributed by atoms with Crippen molar-refractivity contribution in [1.29, 1.82) is 0 Å². The second kappa shape index (κ2) is 6.04. The van der Waals surface area contributed by atoms with E-state index in [1.807, 2.05) is 0 Å². The summed E-state index contributed by atoms with van der Waals surface area (Å²) in [6.45, 7) is 3.37. The Labute approximate surface area is 104 Å². The predicted molar refractivity (Wildman–Crippen MR) is 63.9 cm³/mol. The molecule has 1 rings (SSSR count). The first kappa shape index (κ1) is 14.0. The number of rotatable bonds is 5. The highest BCUT2D eigenvalue weighted by atomic mass is 16.5. The highest BCUT2D eigenvalue weighted by Crippen LogP contribution is 2.28. The minimum absolute atomic E-state index is 0.0000805. The number of benzene rings is 1. The highest BCUT2D eigenvalue weighted by Gasteiger charge is 2.25. The summed E-state index contributed by atoms with van der Waals surface area (Å²) in [5.74, 6) is -1.51. The monoisotopic (exact) mass is 253 g/mol. The van der Waals surface area contributed by atoms with Crippen LogP contribution in [-0.4, -0.2) is 33.9 Å². The molecule has 5 N–H and O–H groups in total. The fourth-order valence-electron chi connectivity index (χ4n) is 1.30. The van der Waals surface area contributed by atoms with Gasteiger partial charge in [0.25, 0.3) is 0 Å². The Morgan fingerprint density at radius 1 is 1.44 bits per heavy atom. The van der Waals surface area contributed by atoms with Crippen LogP contribution in [0, 0.1) is 0 Å². The second-order valence-electron chi connectivity index (χ2n) is 3.64. The van der Waals surface area contributed by atoms with Gasteiger partial charge in [-0.05, 0) is 17.7 Å². The van der Waals surface area contributed by atoms with Crippen molar-refractivity contribution in [2.45, 2.75) is 12.1 Å². The Hall–Kier alpha value is -2.05. The fraction of sp³-hybridized carbons (Fsp3) is 0.250. The van der Waals surface area contributed by atoms with Crippen LogP contribution in [-0.2, 0) is 9.53 Å². The summed E-state index contributed by atoms with van der Waals surface area (Å²) >= 11 is 0. The first-order valence-corrected chi connectivity index (χ1v) is 5.20. The summed E-state index contributed by atoms with van der Waals surface area (Å²) in [4.78, 5) is 11.4. The number of carbonyl (C=O) groups is 1. The summed E-state index contributed by atoms with van der Waals surface area (Å²) in [5.41, 5.74) is 5.72. The zero-order valence-electron chi connectivity index (χ0n) is 9.61. The number of aliphatic hydroxyl groups excluding tert-OH is 1. The van der Waals surface area contributed by atoms with Crippen LogP contribution in [0.2, 0.25) is 0 Å². The summed E-state index contributed by atoms with van der Waals surface area (Å²) in [7, 11) is 0. The van der Waals surface area contributed by atoms with Gasteiger partial charge in [0.05, 0.1) is 0 Å². The molecule has 1 unspecified atom stereocenters. The van der Waals surface area contributed by atoms with Gasteiger partial charge in [-0.3, -0.25) is 4.79 Å². The summed E-state index contributed by atoms with van der Waals surface area (Å²) < 4.78 is 4.70. The van der Waals surface area contributed by atoms with E-state index in [0.29, 0.717) is 0 Å². The lowest BCUT2D eigenvalue weighted by molar-refractivity contribution is -0.146. The van der Waals surface area contributed by atoms with Gasteiger partial charge in [0, 0.05) is 0 Å². The van der Waals surface area contributed by atoms with Gasteiger partial charge in [-0.15, -0.1) is 0 Å². The molecule has 0 saturated heterocycles. The van der Waals surface area contributed by atoms with Crippen molar-refractivity contribution in [1.82, 2.24) is 0 Å². The van der Waals surface area contributed by atoms with Gasteiger partial charge in [-0.1, -0.05) is 18.7 Å². The van der Waals surface area contributed by atoms with Crippen molar-refractivity contribution in [3.8, 4) is 11.5 Å². The number of hydrogen-bond donors (Lipinski definition) is 4. The first-order valence-electron chi connectivity index (χ1n) is 5.20. The molecule has 1 aromatic carbocycles. The van der Waals surface area contributed by atoms with Gasteiger partial charge in [-0.25, -0.2) is 0 Å². The van der Waals surface area contributed by atoms with Gasteiger partial charge in [-0.2, -0.15) is 0 Å². The molecule has 0 amide bonds. The molecule has 0 aliphatic rings. The zero-order chi connectivity index (χ0) is 13.7. The number of esters is 1. The quantitative estimate of drug-likeness (QED) is 0.338. The Bertz CT molecular complexity index is 446. The minimum atomic E-state index is -1.34. The maximum absolute atomic E-state index is 11.4. The van der Waals surface area contributed by atoms with Crippen LogP contribution in [0.25, 0.3) is 0 Å². The van der Waals surface area contributed by atoms with Crippen molar-refractivity contribution >= 4 is 5.97 Å². The lowest BCUT2D eigenvalue weighted by Gasteiger charge is -2.17. The first-order chi connectivity index (χ1) is 8.47. The van der Waals surface area contributed by atoms with Crippen LogP contribution >= 0.6 is 0 Å². The molecule has 0 radical (unpaired) electrons. The van der Waals surface area contributed by atoms with Crippen LogP contribution in [0.4, 0.5) is 0 Å². The molecule has 0 heterocycles. The van der Waals surface area contributed by atoms with E-state index < -0.39 is 23.9 Å². The third kappa shape index (κ3) is 3.22.